The Morgan fingerprint density at radius 2 is 2.00 bits per heavy atom. The van der Waals surface area contributed by atoms with Gasteiger partial charge >= 0.3 is 0 Å². The lowest BCUT2D eigenvalue weighted by atomic mass is 10.0. The number of hydrogen-bond donors (Lipinski definition) is 0. The second-order valence-electron chi connectivity index (χ2n) is 6.92. The van der Waals surface area contributed by atoms with Crippen molar-refractivity contribution in [1.29, 1.82) is 0 Å². The van der Waals surface area contributed by atoms with Gasteiger partial charge in [-0.05, 0) is 25.2 Å². The van der Waals surface area contributed by atoms with Crippen LogP contribution in [-0.4, -0.2) is 51.4 Å². The molecule has 128 valence electrons. The zero-order valence-corrected chi connectivity index (χ0v) is 14.8. The Balaban J connectivity index is 1.50. The van der Waals surface area contributed by atoms with E-state index in [1.807, 2.05) is 11.6 Å². The van der Waals surface area contributed by atoms with Gasteiger partial charge in [-0.25, -0.2) is 4.98 Å². The maximum atomic E-state index is 12.5. The van der Waals surface area contributed by atoms with Crippen LogP contribution in [0, 0.1) is 5.92 Å². The molecule has 1 saturated heterocycles. The van der Waals surface area contributed by atoms with Crippen LogP contribution >= 0.6 is 11.6 Å². The van der Waals surface area contributed by atoms with Crippen LogP contribution in [0.15, 0.2) is 6.20 Å². The summed E-state index contributed by atoms with van der Waals surface area (Å²) < 4.78 is 1.93. The summed E-state index contributed by atoms with van der Waals surface area (Å²) in [7, 11) is 1.94. The molecule has 23 heavy (non-hydrogen) atoms. The van der Waals surface area contributed by atoms with E-state index in [4.69, 9.17) is 11.6 Å². The van der Waals surface area contributed by atoms with Gasteiger partial charge in [0.05, 0.1) is 12.7 Å². The number of nitrogens with zero attached hydrogens (tertiary/aromatic N) is 4. The molecular formula is C17H27ClN4O. The van der Waals surface area contributed by atoms with Crippen molar-refractivity contribution in [3.63, 3.8) is 0 Å². The fourth-order valence-electron chi connectivity index (χ4n) is 3.74. The molecule has 3 rings (SSSR count). The van der Waals surface area contributed by atoms with E-state index in [0.717, 1.165) is 51.4 Å². The number of carbonyl (C=O) groups is 1. The van der Waals surface area contributed by atoms with Gasteiger partial charge in [0.2, 0.25) is 5.91 Å². The first-order valence-corrected chi connectivity index (χ1v) is 9.17. The smallest absolute Gasteiger partial charge is 0.222 e. The fraction of sp³-hybridized carbons (Fsp3) is 0.765. The summed E-state index contributed by atoms with van der Waals surface area (Å²) in [6.07, 6.45) is 8.59. The number of imidazole rings is 1. The molecule has 0 radical (unpaired) electrons. The lowest BCUT2D eigenvalue weighted by Gasteiger charge is -2.23. The highest BCUT2D eigenvalue weighted by molar-refractivity contribution is 6.29. The average Bonchev–Trinajstić information content (AvgIpc) is 3.07. The van der Waals surface area contributed by atoms with Crippen LogP contribution in [0.3, 0.4) is 0 Å². The molecule has 2 aliphatic rings. The first-order valence-electron chi connectivity index (χ1n) is 8.79. The van der Waals surface area contributed by atoms with E-state index in [1.165, 1.54) is 25.7 Å². The number of rotatable bonds is 4. The van der Waals surface area contributed by atoms with Crippen LogP contribution in [0.4, 0.5) is 0 Å². The minimum absolute atomic E-state index is 0.360. The number of amides is 1. The molecule has 0 N–H and O–H groups in total. The Morgan fingerprint density at radius 3 is 2.70 bits per heavy atom. The molecule has 0 spiro atoms. The van der Waals surface area contributed by atoms with Crippen molar-refractivity contribution >= 4 is 17.5 Å². The van der Waals surface area contributed by atoms with Crippen molar-refractivity contribution in [2.75, 3.05) is 26.2 Å². The van der Waals surface area contributed by atoms with Gasteiger partial charge in [-0.1, -0.05) is 24.4 Å². The second-order valence-corrected chi connectivity index (χ2v) is 7.31. The van der Waals surface area contributed by atoms with Gasteiger partial charge in [0, 0.05) is 39.6 Å². The average molecular weight is 339 g/mol. The zero-order chi connectivity index (χ0) is 16.2. The summed E-state index contributed by atoms with van der Waals surface area (Å²) in [5, 5.41) is 0.670. The molecule has 1 aliphatic carbocycles. The van der Waals surface area contributed by atoms with E-state index < -0.39 is 0 Å². The Bertz CT molecular complexity index is 539. The van der Waals surface area contributed by atoms with Crippen molar-refractivity contribution < 1.29 is 4.79 Å². The van der Waals surface area contributed by atoms with Crippen molar-refractivity contribution in [2.24, 2.45) is 13.0 Å². The standard InChI is InChI=1S/C17H27ClN4O/c1-20-15(18)12-19-16(20)13-21-7-4-8-22(10-9-21)17(23)11-14-5-2-3-6-14/h12,14H,2-11,13H2,1H3. The lowest BCUT2D eigenvalue weighted by molar-refractivity contribution is -0.132. The zero-order valence-electron chi connectivity index (χ0n) is 14.0. The summed E-state index contributed by atoms with van der Waals surface area (Å²) in [5.41, 5.74) is 0. The highest BCUT2D eigenvalue weighted by Gasteiger charge is 2.24. The molecule has 1 aliphatic heterocycles. The molecule has 1 aromatic rings. The summed E-state index contributed by atoms with van der Waals surface area (Å²) in [6.45, 7) is 4.46. The van der Waals surface area contributed by atoms with Gasteiger partial charge in [0.25, 0.3) is 0 Å². The van der Waals surface area contributed by atoms with Crippen molar-refractivity contribution in [3.8, 4) is 0 Å². The van der Waals surface area contributed by atoms with Gasteiger partial charge in [-0.15, -0.1) is 0 Å². The quantitative estimate of drug-likeness (QED) is 0.847. The maximum absolute atomic E-state index is 12.5. The van der Waals surface area contributed by atoms with Crippen LogP contribution in [-0.2, 0) is 18.4 Å². The predicted octanol–water partition coefficient (Wildman–Crippen LogP) is 2.69. The van der Waals surface area contributed by atoms with E-state index in [0.29, 0.717) is 17.0 Å². The molecule has 0 aromatic carbocycles. The molecule has 5 nitrogen and oxygen atoms in total. The van der Waals surface area contributed by atoms with Crippen molar-refractivity contribution in [3.05, 3.63) is 17.2 Å². The third-order valence-corrected chi connectivity index (χ3v) is 5.62. The third kappa shape index (κ3) is 4.27. The van der Waals surface area contributed by atoms with Crippen molar-refractivity contribution in [1.82, 2.24) is 19.4 Å². The minimum atomic E-state index is 0.360. The summed E-state index contributed by atoms with van der Waals surface area (Å²) in [5.74, 6) is 1.98. The first kappa shape index (κ1) is 16.8. The third-order valence-electron chi connectivity index (χ3n) is 5.27. The molecule has 2 fully saturated rings. The Morgan fingerprint density at radius 1 is 1.22 bits per heavy atom. The molecule has 2 heterocycles. The number of carbonyl (C=O) groups excluding carboxylic acids is 1. The highest BCUT2D eigenvalue weighted by atomic mass is 35.5. The molecule has 6 heteroatoms. The monoisotopic (exact) mass is 338 g/mol. The van der Waals surface area contributed by atoms with E-state index in [1.54, 1.807) is 6.20 Å². The van der Waals surface area contributed by atoms with Gasteiger partial charge in [0.15, 0.2) is 0 Å². The Kier molecular flexibility index (Phi) is 5.59. The largest absolute Gasteiger partial charge is 0.341 e. The summed E-state index contributed by atoms with van der Waals surface area (Å²) in [6, 6.07) is 0. The first-order chi connectivity index (χ1) is 11.1. The SMILES string of the molecule is Cn1c(Cl)cnc1CN1CCCN(C(=O)CC2CCCC2)CC1. The molecular weight excluding hydrogens is 312 g/mol. The van der Waals surface area contributed by atoms with Gasteiger partial charge < -0.3 is 9.47 Å². The van der Waals surface area contributed by atoms with Crippen LogP contribution in [0.5, 0.6) is 0 Å². The minimum Gasteiger partial charge on any atom is -0.341 e. The van der Waals surface area contributed by atoms with Crippen LogP contribution in [0.25, 0.3) is 0 Å². The van der Waals surface area contributed by atoms with Crippen molar-refractivity contribution in [2.45, 2.75) is 45.1 Å². The topological polar surface area (TPSA) is 41.4 Å². The Hall–Kier alpha value is -1.07. The van der Waals surface area contributed by atoms with E-state index >= 15 is 0 Å². The molecule has 1 aromatic heterocycles. The normalized spacial score (nSPS) is 20.9. The molecule has 0 atom stereocenters. The van der Waals surface area contributed by atoms with Crippen LogP contribution in [0.2, 0.25) is 5.15 Å². The predicted molar refractivity (Wildman–Crippen MR) is 91.3 cm³/mol. The second kappa shape index (κ2) is 7.67. The number of aromatic nitrogens is 2. The fourth-order valence-corrected chi connectivity index (χ4v) is 3.89. The summed E-state index contributed by atoms with van der Waals surface area (Å²) >= 11 is 6.05. The lowest BCUT2D eigenvalue weighted by Crippen LogP contribution is -2.36. The van der Waals surface area contributed by atoms with E-state index in [9.17, 15) is 4.79 Å². The molecule has 0 bridgehead atoms. The summed E-state index contributed by atoms with van der Waals surface area (Å²) in [4.78, 5) is 21.3. The van der Waals surface area contributed by atoms with E-state index in [2.05, 4.69) is 14.8 Å². The molecule has 1 amide bonds. The van der Waals surface area contributed by atoms with Gasteiger partial charge in [-0.2, -0.15) is 0 Å². The maximum Gasteiger partial charge on any atom is 0.222 e. The highest BCUT2D eigenvalue weighted by Crippen LogP contribution is 2.28. The Labute approximate surface area is 143 Å². The molecule has 1 saturated carbocycles. The van der Waals surface area contributed by atoms with Crippen LogP contribution in [0.1, 0.15) is 44.3 Å². The van der Waals surface area contributed by atoms with Gasteiger partial charge in [-0.3, -0.25) is 9.69 Å². The van der Waals surface area contributed by atoms with Crippen LogP contribution < -0.4 is 0 Å². The van der Waals surface area contributed by atoms with E-state index in [-0.39, 0.29) is 0 Å². The number of hydrogen-bond acceptors (Lipinski definition) is 3. The van der Waals surface area contributed by atoms with Gasteiger partial charge in [0.1, 0.15) is 11.0 Å². The number of halogens is 1. The molecule has 0 unspecified atom stereocenters.